The van der Waals surface area contributed by atoms with Gasteiger partial charge in [0.1, 0.15) is 11.9 Å². The summed E-state index contributed by atoms with van der Waals surface area (Å²) >= 11 is 0. The van der Waals surface area contributed by atoms with Crippen molar-refractivity contribution < 1.29 is 4.74 Å². The van der Waals surface area contributed by atoms with E-state index in [-0.39, 0.29) is 12.1 Å². The third-order valence-electron chi connectivity index (χ3n) is 2.59. The van der Waals surface area contributed by atoms with Crippen molar-refractivity contribution in [1.82, 2.24) is 0 Å². The number of nitrogens with two attached hydrogens (primary N) is 1. The predicted octanol–water partition coefficient (Wildman–Crippen LogP) is 2.92. The second kappa shape index (κ2) is 5.17. The topological polar surface area (TPSA) is 35.2 Å². The first kappa shape index (κ1) is 12.1. The molecule has 2 nitrogen and oxygen atoms in total. The lowest BCUT2D eigenvalue weighted by atomic mass is 10.0. The Kier molecular flexibility index (Phi) is 4.15. The Balaban J connectivity index is 2.73. The molecule has 0 radical (unpaired) electrons. The maximum absolute atomic E-state index is 5.76. The number of ether oxygens (including phenoxy) is 1. The van der Waals surface area contributed by atoms with Crippen LogP contribution in [0.15, 0.2) is 24.3 Å². The molecule has 2 N–H and O–H groups in total. The first-order chi connectivity index (χ1) is 7.00. The lowest BCUT2D eigenvalue weighted by molar-refractivity contribution is 0.196. The highest BCUT2D eigenvalue weighted by Gasteiger charge is 2.09. The number of benzene rings is 1. The molecule has 2 heteroatoms. The molecule has 0 aliphatic rings. The van der Waals surface area contributed by atoms with E-state index in [4.69, 9.17) is 10.5 Å². The first-order valence-electron chi connectivity index (χ1n) is 5.53. The summed E-state index contributed by atoms with van der Waals surface area (Å²) in [6, 6.07) is 8.26. The van der Waals surface area contributed by atoms with E-state index < -0.39 is 0 Å². The largest absolute Gasteiger partial charge is 0.489 e. The van der Waals surface area contributed by atoms with Gasteiger partial charge in [-0.25, -0.2) is 0 Å². The molecule has 1 aromatic carbocycles. The van der Waals surface area contributed by atoms with Gasteiger partial charge in [-0.15, -0.1) is 0 Å². The lowest BCUT2D eigenvalue weighted by Gasteiger charge is -2.18. The van der Waals surface area contributed by atoms with Crippen molar-refractivity contribution in [2.75, 3.05) is 0 Å². The number of rotatable bonds is 4. The van der Waals surface area contributed by atoms with E-state index in [9.17, 15) is 0 Å². The van der Waals surface area contributed by atoms with Gasteiger partial charge in [0.25, 0.3) is 0 Å². The normalized spacial score (nSPS) is 15.1. The Hall–Kier alpha value is -1.02. The molecule has 0 aliphatic carbocycles. The molecule has 0 saturated heterocycles. The van der Waals surface area contributed by atoms with Crippen LogP contribution >= 0.6 is 0 Å². The summed E-state index contributed by atoms with van der Waals surface area (Å²) in [4.78, 5) is 0. The van der Waals surface area contributed by atoms with Crippen LogP contribution in [-0.4, -0.2) is 12.1 Å². The third-order valence-corrected chi connectivity index (χ3v) is 2.59. The molecular formula is C13H21NO. The second-order valence-corrected chi connectivity index (χ2v) is 4.41. The summed E-state index contributed by atoms with van der Waals surface area (Å²) in [6.45, 7) is 8.30. The van der Waals surface area contributed by atoms with Gasteiger partial charge in [-0.05, 0) is 37.5 Å². The minimum Gasteiger partial charge on any atom is -0.489 e. The smallest absolute Gasteiger partial charge is 0.120 e. The number of hydrogen-bond acceptors (Lipinski definition) is 2. The second-order valence-electron chi connectivity index (χ2n) is 4.41. The van der Waals surface area contributed by atoms with Gasteiger partial charge < -0.3 is 10.5 Å². The van der Waals surface area contributed by atoms with Crippen LogP contribution < -0.4 is 10.5 Å². The van der Waals surface area contributed by atoms with Gasteiger partial charge in [-0.2, -0.15) is 0 Å². The zero-order valence-corrected chi connectivity index (χ0v) is 10.0. The summed E-state index contributed by atoms with van der Waals surface area (Å²) in [7, 11) is 0. The fraction of sp³-hybridized carbons (Fsp3) is 0.538. The molecule has 2 atom stereocenters. The molecule has 0 aliphatic heterocycles. The maximum Gasteiger partial charge on any atom is 0.120 e. The van der Waals surface area contributed by atoms with Crippen molar-refractivity contribution in [3.8, 4) is 5.75 Å². The monoisotopic (exact) mass is 207 g/mol. The van der Waals surface area contributed by atoms with Crippen molar-refractivity contribution in [3.05, 3.63) is 29.8 Å². The van der Waals surface area contributed by atoms with E-state index >= 15 is 0 Å². The van der Waals surface area contributed by atoms with Gasteiger partial charge in [0, 0.05) is 6.04 Å². The zero-order valence-electron chi connectivity index (χ0n) is 10.0. The Morgan fingerprint density at radius 3 is 2.33 bits per heavy atom. The fourth-order valence-corrected chi connectivity index (χ4v) is 1.27. The molecule has 1 unspecified atom stereocenters. The van der Waals surface area contributed by atoms with E-state index in [0.717, 1.165) is 5.75 Å². The van der Waals surface area contributed by atoms with E-state index in [1.54, 1.807) is 0 Å². The van der Waals surface area contributed by atoms with Crippen molar-refractivity contribution >= 4 is 0 Å². The van der Waals surface area contributed by atoms with Crippen LogP contribution in [0.4, 0.5) is 0 Å². The Labute approximate surface area is 92.4 Å². The average Bonchev–Trinajstić information content (AvgIpc) is 2.18. The quantitative estimate of drug-likeness (QED) is 0.824. The molecule has 0 bridgehead atoms. The average molecular weight is 207 g/mol. The van der Waals surface area contributed by atoms with Crippen molar-refractivity contribution in [3.63, 3.8) is 0 Å². The highest BCUT2D eigenvalue weighted by molar-refractivity contribution is 5.30. The molecule has 15 heavy (non-hydrogen) atoms. The maximum atomic E-state index is 5.76. The number of hydrogen-bond donors (Lipinski definition) is 1. The molecule has 0 aromatic heterocycles. The summed E-state index contributed by atoms with van der Waals surface area (Å²) in [5.74, 6) is 1.44. The molecule has 1 rings (SSSR count). The van der Waals surface area contributed by atoms with Crippen LogP contribution in [-0.2, 0) is 0 Å². The summed E-state index contributed by atoms with van der Waals surface area (Å²) < 4.78 is 5.74. The molecular weight excluding hydrogens is 186 g/mol. The van der Waals surface area contributed by atoms with Crippen LogP contribution in [0.3, 0.4) is 0 Å². The Morgan fingerprint density at radius 2 is 1.80 bits per heavy atom. The lowest BCUT2D eigenvalue weighted by Crippen LogP contribution is -2.33. The standard InChI is InChI=1S/C13H21NO/c1-9(2)12-6-5-7-13(8-12)15-11(4)10(3)14/h5-11H,14H2,1-4H3/t10-,11?/m1/s1. The third kappa shape index (κ3) is 3.56. The summed E-state index contributed by atoms with van der Waals surface area (Å²) in [5.41, 5.74) is 7.05. The van der Waals surface area contributed by atoms with Crippen LogP contribution in [0.2, 0.25) is 0 Å². The summed E-state index contributed by atoms with van der Waals surface area (Å²) in [6.07, 6.45) is 0.0485. The van der Waals surface area contributed by atoms with Crippen LogP contribution in [0.1, 0.15) is 39.2 Å². The van der Waals surface area contributed by atoms with Crippen molar-refractivity contribution in [1.29, 1.82) is 0 Å². The van der Waals surface area contributed by atoms with Crippen LogP contribution in [0.5, 0.6) is 5.75 Å². The van der Waals surface area contributed by atoms with E-state index in [0.29, 0.717) is 5.92 Å². The van der Waals surface area contributed by atoms with E-state index in [2.05, 4.69) is 26.0 Å². The molecule has 0 spiro atoms. The van der Waals surface area contributed by atoms with Gasteiger partial charge in [-0.1, -0.05) is 26.0 Å². The zero-order chi connectivity index (χ0) is 11.4. The Bertz CT molecular complexity index is 307. The molecule has 0 amide bonds. The highest BCUT2D eigenvalue weighted by atomic mass is 16.5. The van der Waals surface area contributed by atoms with Crippen LogP contribution in [0, 0.1) is 0 Å². The van der Waals surface area contributed by atoms with Gasteiger partial charge in [0.2, 0.25) is 0 Å². The van der Waals surface area contributed by atoms with Crippen molar-refractivity contribution in [2.24, 2.45) is 5.73 Å². The van der Waals surface area contributed by atoms with E-state index in [1.807, 2.05) is 26.0 Å². The highest BCUT2D eigenvalue weighted by Crippen LogP contribution is 2.21. The predicted molar refractivity (Wildman–Crippen MR) is 64.3 cm³/mol. The van der Waals surface area contributed by atoms with Crippen LogP contribution in [0.25, 0.3) is 0 Å². The minimum absolute atomic E-state index is 0.0485. The summed E-state index contributed by atoms with van der Waals surface area (Å²) in [5, 5.41) is 0. The Morgan fingerprint density at radius 1 is 1.13 bits per heavy atom. The fourth-order valence-electron chi connectivity index (χ4n) is 1.27. The van der Waals surface area contributed by atoms with Gasteiger partial charge >= 0.3 is 0 Å². The van der Waals surface area contributed by atoms with Crippen molar-refractivity contribution in [2.45, 2.75) is 45.8 Å². The van der Waals surface area contributed by atoms with Gasteiger partial charge in [0.05, 0.1) is 0 Å². The molecule has 0 fully saturated rings. The van der Waals surface area contributed by atoms with E-state index in [1.165, 1.54) is 5.56 Å². The minimum atomic E-state index is 0.0485. The molecule has 0 heterocycles. The first-order valence-corrected chi connectivity index (χ1v) is 5.53. The van der Waals surface area contributed by atoms with Gasteiger partial charge in [0.15, 0.2) is 0 Å². The SMILES string of the molecule is CC(C)c1cccc(OC(C)[C@@H](C)N)c1. The molecule has 84 valence electrons. The molecule has 1 aromatic rings. The molecule has 0 saturated carbocycles. The van der Waals surface area contributed by atoms with Gasteiger partial charge in [-0.3, -0.25) is 0 Å².